The maximum atomic E-state index is 12.6. The van der Waals surface area contributed by atoms with Crippen molar-refractivity contribution < 1.29 is 38.7 Å². The number of carbonyl (C=O) groups excluding carboxylic acids is 2. The van der Waals surface area contributed by atoms with Crippen LogP contribution in [0.3, 0.4) is 0 Å². The molecule has 0 fully saturated rings. The Kier molecular flexibility index (Phi) is 22.2. The van der Waals surface area contributed by atoms with Crippen molar-refractivity contribution in [3.63, 3.8) is 0 Å². The van der Waals surface area contributed by atoms with Crippen LogP contribution in [-0.2, 0) is 19.1 Å². The van der Waals surface area contributed by atoms with Gasteiger partial charge in [-0.15, -0.1) is 0 Å². The van der Waals surface area contributed by atoms with Crippen molar-refractivity contribution >= 4 is 11.9 Å². The normalized spacial score (nSPS) is 12.2. The van der Waals surface area contributed by atoms with Gasteiger partial charge in [-0.1, -0.05) is 129 Å². The molecule has 2 unspecified atom stereocenters. The van der Waals surface area contributed by atoms with Crippen molar-refractivity contribution in [2.45, 2.75) is 168 Å². The summed E-state index contributed by atoms with van der Waals surface area (Å²) in [7, 11) is 0. The molecule has 0 bridgehead atoms. The van der Waals surface area contributed by atoms with Crippen LogP contribution in [0.15, 0.2) is 41.2 Å². The smallest absolute Gasteiger partial charge is 0.348 e. The SMILES string of the molecule is CCCCCCCCCCCCOC(=O)C(C)Oc1ccc(-c2nc(-c3ccc(OC(C)C(=O)OCCCCCCCCCCCC)cc3O)[nH]c(=O)n2)c(O)c1. The Bertz CT molecular complexity index is 1560. The number of rotatable bonds is 30. The molecule has 3 rings (SSSR count). The molecule has 0 saturated carbocycles. The molecular weight excluding hydrogens is 727 g/mol. The van der Waals surface area contributed by atoms with Gasteiger partial charge < -0.3 is 29.2 Å². The largest absolute Gasteiger partial charge is 0.507 e. The van der Waals surface area contributed by atoms with E-state index in [1.165, 1.54) is 126 Å². The molecule has 316 valence electrons. The molecule has 12 heteroatoms. The van der Waals surface area contributed by atoms with Crippen LogP contribution in [0.1, 0.15) is 156 Å². The van der Waals surface area contributed by atoms with Crippen molar-refractivity contribution in [2.75, 3.05) is 13.2 Å². The number of unbranched alkanes of at least 4 members (excludes halogenated alkanes) is 18. The molecule has 12 nitrogen and oxygen atoms in total. The first kappa shape index (κ1) is 46.8. The molecule has 0 amide bonds. The number of nitrogens with zero attached hydrogens (tertiary/aromatic N) is 2. The molecule has 57 heavy (non-hydrogen) atoms. The van der Waals surface area contributed by atoms with Crippen LogP contribution in [0.25, 0.3) is 22.8 Å². The van der Waals surface area contributed by atoms with E-state index in [1.54, 1.807) is 13.8 Å². The zero-order valence-corrected chi connectivity index (χ0v) is 34.8. The number of aromatic hydroxyl groups is 2. The summed E-state index contributed by atoms with van der Waals surface area (Å²) < 4.78 is 22.2. The van der Waals surface area contributed by atoms with Gasteiger partial charge in [0.2, 0.25) is 0 Å². The van der Waals surface area contributed by atoms with E-state index >= 15 is 0 Å². The summed E-state index contributed by atoms with van der Waals surface area (Å²) in [5.41, 5.74) is -0.452. The van der Waals surface area contributed by atoms with Crippen molar-refractivity contribution in [2.24, 2.45) is 0 Å². The second kappa shape index (κ2) is 27.1. The second-order valence-electron chi connectivity index (χ2n) is 14.9. The lowest BCUT2D eigenvalue weighted by molar-refractivity contribution is -0.152. The number of benzene rings is 2. The zero-order valence-electron chi connectivity index (χ0n) is 34.8. The molecule has 0 saturated heterocycles. The van der Waals surface area contributed by atoms with Crippen molar-refractivity contribution in [3.05, 3.63) is 46.9 Å². The summed E-state index contributed by atoms with van der Waals surface area (Å²) in [5, 5.41) is 21.7. The van der Waals surface area contributed by atoms with Gasteiger partial charge in [-0.3, -0.25) is 4.98 Å². The number of phenolic OH excluding ortho intramolecular Hbond substituents is 2. The summed E-state index contributed by atoms with van der Waals surface area (Å²) in [6, 6.07) is 8.64. The quantitative estimate of drug-likeness (QED) is 0.0433. The predicted molar refractivity (Wildman–Crippen MR) is 223 cm³/mol. The lowest BCUT2D eigenvalue weighted by Crippen LogP contribution is -2.26. The minimum absolute atomic E-state index is 0.00324. The number of ether oxygens (including phenoxy) is 4. The molecule has 0 aliphatic heterocycles. The van der Waals surface area contributed by atoms with Gasteiger partial charge >= 0.3 is 17.6 Å². The highest BCUT2D eigenvalue weighted by molar-refractivity contribution is 5.75. The zero-order chi connectivity index (χ0) is 41.3. The van der Waals surface area contributed by atoms with Crippen LogP contribution in [0, 0.1) is 0 Å². The van der Waals surface area contributed by atoms with E-state index in [0.717, 1.165) is 38.5 Å². The van der Waals surface area contributed by atoms with Gasteiger partial charge in [-0.25, -0.2) is 19.4 Å². The monoisotopic (exact) mass is 793 g/mol. The molecule has 0 radical (unpaired) electrons. The lowest BCUT2D eigenvalue weighted by Gasteiger charge is -2.15. The van der Waals surface area contributed by atoms with E-state index in [0.29, 0.717) is 13.2 Å². The third-order valence-electron chi connectivity index (χ3n) is 9.86. The average molecular weight is 794 g/mol. The van der Waals surface area contributed by atoms with Gasteiger partial charge in [0.15, 0.2) is 18.0 Å². The van der Waals surface area contributed by atoms with Gasteiger partial charge in [-0.05, 0) is 51.0 Å². The fourth-order valence-corrected chi connectivity index (χ4v) is 6.45. The number of carbonyl (C=O) groups is 2. The predicted octanol–water partition coefficient (Wildman–Crippen LogP) is 10.4. The number of hydrogen-bond acceptors (Lipinski definition) is 11. The number of aromatic nitrogens is 3. The summed E-state index contributed by atoms with van der Waals surface area (Å²) in [6.07, 6.45) is 22.0. The van der Waals surface area contributed by atoms with Crippen LogP contribution < -0.4 is 15.2 Å². The Labute approximate surface area is 339 Å². The Morgan fingerprint density at radius 3 is 1.37 bits per heavy atom. The van der Waals surface area contributed by atoms with Crippen LogP contribution in [0.4, 0.5) is 0 Å². The van der Waals surface area contributed by atoms with Gasteiger partial charge in [0.25, 0.3) is 0 Å². The van der Waals surface area contributed by atoms with Crippen LogP contribution in [0.2, 0.25) is 0 Å². The highest BCUT2D eigenvalue weighted by Gasteiger charge is 2.20. The van der Waals surface area contributed by atoms with Crippen molar-refractivity contribution in [1.29, 1.82) is 0 Å². The minimum Gasteiger partial charge on any atom is -0.507 e. The Morgan fingerprint density at radius 1 is 0.579 bits per heavy atom. The molecule has 2 aromatic carbocycles. The number of phenols is 2. The van der Waals surface area contributed by atoms with Gasteiger partial charge in [-0.2, -0.15) is 4.98 Å². The van der Waals surface area contributed by atoms with E-state index in [2.05, 4.69) is 28.8 Å². The van der Waals surface area contributed by atoms with Crippen molar-refractivity contribution in [3.8, 4) is 45.8 Å². The number of esters is 2. The molecule has 2 atom stereocenters. The van der Waals surface area contributed by atoms with Crippen LogP contribution in [0.5, 0.6) is 23.0 Å². The first-order chi connectivity index (χ1) is 27.6. The molecule has 0 aliphatic carbocycles. The standard InChI is InChI=1S/C45H67N3O9/c1-5-7-9-11-13-15-17-19-21-23-29-54-43(51)33(3)56-35-25-27-37(39(49)31-35)41-46-42(48-45(53)47-41)38-28-26-36(32-40(38)50)57-34(4)44(52)55-30-24-22-20-18-16-14-12-10-8-6-2/h25-28,31-34,49-50H,5-24,29-30H2,1-4H3,(H,46,47,48,53). The molecule has 1 aromatic heterocycles. The fraction of sp³-hybridized carbons (Fsp3) is 0.622. The maximum absolute atomic E-state index is 12.6. The van der Waals surface area contributed by atoms with E-state index in [4.69, 9.17) is 18.9 Å². The summed E-state index contributed by atoms with van der Waals surface area (Å²) in [4.78, 5) is 48.4. The lowest BCUT2D eigenvalue weighted by atomic mass is 10.1. The molecule has 3 aromatic rings. The van der Waals surface area contributed by atoms with Gasteiger partial charge in [0.05, 0.1) is 24.3 Å². The van der Waals surface area contributed by atoms with E-state index in [-0.39, 0.29) is 45.8 Å². The van der Waals surface area contributed by atoms with Crippen LogP contribution in [-0.4, -0.2) is 62.5 Å². The summed E-state index contributed by atoms with van der Waals surface area (Å²) >= 11 is 0. The Balaban J connectivity index is 1.45. The van der Waals surface area contributed by atoms with Crippen molar-refractivity contribution in [1.82, 2.24) is 15.0 Å². The summed E-state index contributed by atoms with van der Waals surface area (Å²) in [6.45, 7) is 8.26. The second-order valence-corrected chi connectivity index (χ2v) is 14.9. The molecule has 1 heterocycles. The highest BCUT2D eigenvalue weighted by Crippen LogP contribution is 2.34. The first-order valence-electron chi connectivity index (χ1n) is 21.4. The van der Waals surface area contributed by atoms with E-state index in [1.807, 2.05) is 0 Å². The fourth-order valence-electron chi connectivity index (χ4n) is 6.45. The Morgan fingerprint density at radius 2 is 0.965 bits per heavy atom. The molecule has 0 spiro atoms. The Hall–Kier alpha value is -4.61. The van der Waals surface area contributed by atoms with Crippen LogP contribution >= 0.6 is 0 Å². The molecule has 3 N–H and O–H groups in total. The third kappa shape index (κ3) is 18.0. The topological polar surface area (TPSA) is 170 Å². The summed E-state index contributed by atoms with van der Waals surface area (Å²) in [5.74, 6) is -1.20. The first-order valence-corrected chi connectivity index (χ1v) is 21.4. The minimum atomic E-state index is -0.904. The number of H-pyrrole nitrogens is 1. The molecule has 0 aliphatic rings. The maximum Gasteiger partial charge on any atom is 0.348 e. The van der Waals surface area contributed by atoms with E-state index in [9.17, 15) is 24.6 Å². The van der Waals surface area contributed by atoms with Gasteiger partial charge in [0.1, 0.15) is 28.8 Å². The highest BCUT2D eigenvalue weighted by atomic mass is 16.6. The number of hydrogen-bond donors (Lipinski definition) is 3. The molecular formula is C45H67N3O9. The number of nitrogens with one attached hydrogen (secondary N) is 1. The van der Waals surface area contributed by atoms with Gasteiger partial charge in [0, 0.05) is 12.1 Å². The average Bonchev–Trinajstić information content (AvgIpc) is 3.18. The third-order valence-corrected chi connectivity index (χ3v) is 9.86. The van der Waals surface area contributed by atoms with E-state index < -0.39 is 29.8 Å². The number of aromatic amines is 1.